The van der Waals surface area contributed by atoms with Crippen LogP contribution in [-0.4, -0.2) is 88.3 Å². The number of carbonyl (C=O) groups excluding carboxylic acids is 2. The molecule has 28 heavy (non-hydrogen) atoms. The lowest BCUT2D eigenvalue weighted by molar-refractivity contribution is -0.134. The van der Waals surface area contributed by atoms with E-state index in [0.717, 1.165) is 38.4 Å². The molecule has 2 rings (SSSR count). The minimum absolute atomic E-state index is 0.0612. The second-order valence-electron chi connectivity index (χ2n) is 6.68. The molecule has 1 N–H and O–H groups in total. The van der Waals surface area contributed by atoms with E-state index in [4.69, 9.17) is 14.2 Å². The van der Waals surface area contributed by atoms with E-state index in [-0.39, 0.29) is 18.4 Å². The number of benzene rings is 1. The fourth-order valence-corrected chi connectivity index (χ4v) is 3.06. The largest absolute Gasteiger partial charge is 0.493 e. The Hall–Kier alpha value is -2.32. The molecule has 1 fully saturated rings. The van der Waals surface area contributed by atoms with Crippen molar-refractivity contribution in [3.05, 3.63) is 23.8 Å². The van der Waals surface area contributed by atoms with Crippen LogP contribution in [-0.2, 0) is 20.7 Å². The third-order valence-corrected chi connectivity index (χ3v) is 4.75. The molecule has 156 valence electrons. The highest BCUT2D eigenvalue weighted by atomic mass is 16.5. The van der Waals surface area contributed by atoms with Gasteiger partial charge in [0.15, 0.2) is 11.5 Å². The number of methoxy groups -OCH3 is 2. The molecule has 1 aliphatic rings. The zero-order valence-corrected chi connectivity index (χ0v) is 17.0. The average molecular weight is 393 g/mol. The summed E-state index contributed by atoms with van der Waals surface area (Å²) in [7, 11) is 3.18. The van der Waals surface area contributed by atoms with E-state index in [1.165, 1.54) is 6.92 Å². The van der Waals surface area contributed by atoms with E-state index < -0.39 is 0 Å². The summed E-state index contributed by atoms with van der Waals surface area (Å²) in [5, 5.41) is 2.89. The Balaban J connectivity index is 1.79. The second kappa shape index (κ2) is 11.5. The van der Waals surface area contributed by atoms with Gasteiger partial charge >= 0.3 is 0 Å². The average Bonchev–Trinajstić information content (AvgIpc) is 2.71. The Kier molecular flexibility index (Phi) is 9.03. The van der Waals surface area contributed by atoms with Crippen molar-refractivity contribution in [2.24, 2.45) is 0 Å². The summed E-state index contributed by atoms with van der Waals surface area (Å²) in [4.78, 5) is 27.9. The lowest BCUT2D eigenvalue weighted by atomic mass is 10.1. The number of hydrogen-bond acceptors (Lipinski definition) is 6. The highest BCUT2D eigenvalue weighted by Gasteiger charge is 2.15. The molecule has 1 heterocycles. The maximum absolute atomic E-state index is 12.2. The lowest BCUT2D eigenvalue weighted by Gasteiger charge is -2.26. The maximum atomic E-state index is 12.2. The molecule has 1 saturated heterocycles. The molecule has 0 radical (unpaired) electrons. The number of ether oxygens (including phenoxy) is 3. The number of amides is 2. The fourth-order valence-electron chi connectivity index (χ4n) is 3.06. The van der Waals surface area contributed by atoms with Crippen molar-refractivity contribution < 1.29 is 23.8 Å². The molecule has 1 aliphatic heterocycles. The first kappa shape index (κ1) is 22.0. The van der Waals surface area contributed by atoms with Crippen molar-refractivity contribution in [1.82, 2.24) is 15.1 Å². The van der Waals surface area contributed by atoms with Gasteiger partial charge < -0.3 is 24.4 Å². The van der Waals surface area contributed by atoms with Crippen LogP contribution >= 0.6 is 0 Å². The third kappa shape index (κ3) is 7.01. The molecule has 0 aromatic heterocycles. The van der Waals surface area contributed by atoms with Gasteiger partial charge in [-0.05, 0) is 24.1 Å². The molecular formula is C20H31N3O5. The zero-order valence-electron chi connectivity index (χ0n) is 17.0. The van der Waals surface area contributed by atoms with E-state index in [1.54, 1.807) is 19.1 Å². The Morgan fingerprint density at radius 1 is 1.18 bits per heavy atom. The Labute approximate surface area is 166 Å². The molecule has 0 spiro atoms. The Morgan fingerprint density at radius 2 is 1.89 bits per heavy atom. The molecule has 0 atom stereocenters. The van der Waals surface area contributed by atoms with Gasteiger partial charge in [0.1, 0.15) is 0 Å². The van der Waals surface area contributed by atoms with Crippen LogP contribution in [0.2, 0.25) is 0 Å². The quantitative estimate of drug-likeness (QED) is 0.625. The fraction of sp³-hybridized carbons (Fsp3) is 0.600. The molecule has 1 aromatic rings. The predicted octanol–water partition coefficient (Wildman–Crippen LogP) is 0.543. The van der Waals surface area contributed by atoms with Crippen molar-refractivity contribution in [2.45, 2.75) is 13.3 Å². The summed E-state index contributed by atoms with van der Waals surface area (Å²) >= 11 is 0. The summed E-state index contributed by atoms with van der Waals surface area (Å²) in [6.45, 7) is 6.62. The molecule has 0 saturated carbocycles. The monoisotopic (exact) mass is 393 g/mol. The van der Waals surface area contributed by atoms with Crippen LogP contribution in [0.4, 0.5) is 0 Å². The van der Waals surface area contributed by atoms with Gasteiger partial charge in [-0.2, -0.15) is 0 Å². The van der Waals surface area contributed by atoms with Gasteiger partial charge in [0, 0.05) is 39.6 Å². The van der Waals surface area contributed by atoms with Gasteiger partial charge in [0.05, 0.1) is 34.0 Å². The zero-order chi connectivity index (χ0) is 20.4. The first-order chi connectivity index (χ1) is 13.5. The molecule has 8 heteroatoms. The molecule has 0 bridgehead atoms. The molecular weight excluding hydrogens is 362 g/mol. The van der Waals surface area contributed by atoms with Gasteiger partial charge in [-0.15, -0.1) is 0 Å². The van der Waals surface area contributed by atoms with Crippen LogP contribution in [0.25, 0.3) is 0 Å². The third-order valence-electron chi connectivity index (χ3n) is 4.75. The van der Waals surface area contributed by atoms with E-state index in [9.17, 15) is 9.59 Å². The smallest absolute Gasteiger partial charge is 0.239 e. The van der Waals surface area contributed by atoms with Crippen molar-refractivity contribution in [1.29, 1.82) is 0 Å². The number of hydrogen-bond donors (Lipinski definition) is 1. The molecule has 8 nitrogen and oxygen atoms in total. The standard InChI is InChI=1S/C20H31N3O5/c1-16(24)23(8-6-17-4-5-18(26-2)19(14-17)27-3)15-20(25)21-7-9-22-10-12-28-13-11-22/h4-5,14H,6-13,15H2,1-3H3,(H,21,25). The van der Waals surface area contributed by atoms with E-state index in [2.05, 4.69) is 10.2 Å². The van der Waals surface area contributed by atoms with Crippen LogP contribution in [0.5, 0.6) is 11.5 Å². The van der Waals surface area contributed by atoms with Gasteiger partial charge in [-0.1, -0.05) is 6.07 Å². The van der Waals surface area contributed by atoms with Crippen molar-refractivity contribution in [2.75, 3.05) is 66.7 Å². The maximum Gasteiger partial charge on any atom is 0.239 e. The number of rotatable bonds is 10. The minimum Gasteiger partial charge on any atom is -0.493 e. The summed E-state index contributed by atoms with van der Waals surface area (Å²) < 4.78 is 15.9. The SMILES string of the molecule is COc1ccc(CCN(CC(=O)NCCN2CCOCC2)C(C)=O)cc1OC. The lowest BCUT2D eigenvalue weighted by Crippen LogP contribution is -2.44. The first-order valence-electron chi connectivity index (χ1n) is 9.56. The number of carbonyl (C=O) groups is 2. The minimum atomic E-state index is -0.143. The Morgan fingerprint density at radius 3 is 2.54 bits per heavy atom. The van der Waals surface area contributed by atoms with E-state index in [1.807, 2.05) is 18.2 Å². The van der Waals surface area contributed by atoms with Crippen LogP contribution in [0.1, 0.15) is 12.5 Å². The van der Waals surface area contributed by atoms with Crippen molar-refractivity contribution in [3.8, 4) is 11.5 Å². The van der Waals surface area contributed by atoms with Gasteiger partial charge in [-0.3, -0.25) is 14.5 Å². The highest BCUT2D eigenvalue weighted by Crippen LogP contribution is 2.27. The second-order valence-corrected chi connectivity index (χ2v) is 6.68. The number of nitrogens with one attached hydrogen (secondary N) is 1. The molecule has 0 unspecified atom stereocenters. The number of nitrogens with zero attached hydrogens (tertiary/aromatic N) is 2. The van der Waals surface area contributed by atoms with E-state index >= 15 is 0 Å². The summed E-state index contributed by atoms with van der Waals surface area (Å²) in [5.74, 6) is 1.05. The van der Waals surface area contributed by atoms with Crippen molar-refractivity contribution in [3.63, 3.8) is 0 Å². The first-order valence-corrected chi connectivity index (χ1v) is 9.56. The highest BCUT2D eigenvalue weighted by molar-refractivity contribution is 5.83. The predicted molar refractivity (Wildman–Crippen MR) is 106 cm³/mol. The van der Waals surface area contributed by atoms with Crippen LogP contribution < -0.4 is 14.8 Å². The molecule has 1 aromatic carbocycles. The van der Waals surface area contributed by atoms with Gasteiger partial charge in [0.25, 0.3) is 0 Å². The van der Waals surface area contributed by atoms with Gasteiger partial charge in [0.2, 0.25) is 11.8 Å². The summed E-state index contributed by atoms with van der Waals surface area (Å²) in [6, 6.07) is 5.66. The van der Waals surface area contributed by atoms with Crippen LogP contribution in [0.3, 0.4) is 0 Å². The van der Waals surface area contributed by atoms with Crippen LogP contribution in [0, 0.1) is 0 Å². The normalized spacial score (nSPS) is 14.4. The molecule has 2 amide bonds. The van der Waals surface area contributed by atoms with Crippen molar-refractivity contribution >= 4 is 11.8 Å². The number of morpholine rings is 1. The summed E-state index contributed by atoms with van der Waals surface area (Å²) in [6.07, 6.45) is 0.626. The van der Waals surface area contributed by atoms with E-state index in [0.29, 0.717) is 31.0 Å². The summed E-state index contributed by atoms with van der Waals surface area (Å²) in [5.41, 5.74) is 1.01. The Bertz CT molecular complexity index is 647. The molecule has 0 aliphatic carbocycles. The van der Waals surface area contributed by atoms with Crippen LogP contribution in [0.15, 0.2) is 18.2 Å². The topological polar surface area (TPSA) is 80.3 Å². The van der Waals surface area contributed by atoms with Gasteiger partial charge in [-0.25, -0.2) is 0 Å².